The van der Waals surface area contributed by atoms with Crippen LogP contribution in [0, 0.1) is 5.92 Å². The van der Waals surface area contributed by atoms with Gasteiger partial charge < -0.3 is 40.4 Å². The van der Waals surface area contributed by atoms with Crippen LogP contribution in [0.5, 0.6) is 11.5 Å². The number of piperidine rings is 1. The fourth-order valence-corrected chi connectivity index (χ4v) is 6.95. The molecule has 222 valence electrons. The summed E-state index contributed by atoms with van der Waals surface area (Å²) in [5, 5.41) is 33.9. The molecule has 0 unspecified atom stereocenters. The first-order chi connectivity index (χ1) is 19.6. The zero-order valence-corrected chi connectivity index (χ0v) is 23.3. The molecule has 2 bridgehead atoms. The van der Waals surface area contributed by atoms with Crippen molar-refractivity contribution in [2.24, 2.45) is 5.92 Å². The van der Waals surface area contributed by atoms with E-state index in [9.17, 15) is 29.4 Å². The second kappa shape index (κ2) is 11.5. The summed E-state index contributed by atoms with van der Waals surface area (Å²) in [6, 6.07) is 1.63. The molecule has 1 saturated heterocycles. The van der Waals surface area contributed by atoms with Gasteiger partial charge in [-0.2, -0.15) is 12.6 Å². The first-order valence-electron chi connectivity index (χ1n) is 13.5. The number of carbonyl (C=O) groups excluding carboxylic acids is 2. The number of nitrogens with one attached hydrogen (secondary N) is 3. The van der Waals surface area contributed by atoms with Crippen LogP contribution in [-0.2, 0) is 31.0 Å². The Kier molecular flexibility index (Phi) is 8.19. The minimum absolute atomic E-state index is 0.0768. The maximum atomic E-state index is 12.4. The topological polar surface area (TPSA) is 187 Å². The Morgan fingerprint density at radius 2 is 2.00 bits per heavy atom. The van der Waals surface area contributed by atoms with Crippen LogP contribution in [0.4, 0.5) is 0 Å². The number of aliphatic hydroxyl groups excluding tert-OH is 1. The zero-order chi connectivity index (χ0) is 29.5. The van der Waals surface area contributed by atoms with Crippen molar-refractivity contribution in [2.75, 3.05) is 25.9 Å². The number of hydrogen-bond acceptors (Lipinski definition) is 10. The fourth-order valence-electron chi connectivity index (χ4n) is 6.70. The number of carboxylic acids is 2. The lowest BCUT2D eigenvalue weighted by Gasteiger charge is -2.56. The molecule has 2 heterocycles. The van der Waals surface area contributed by atoms with E-state index in [0.717, 1.165) is 30.5 Å². The molecule has 0 aromatic heterocycles. The Morgan fingerprint density at radius 1 is 1.22 bits per heavy atom. The number of thiol groups is 1. The summed E-state index contributed by atoms with van der Waals surface area (Å²) in [6.45, 7) is 0.258. The van der Waals surface area contributed by atoms with Gasteiger partial charge in [0.1, 0.15) is 30.8 Å². The van der Waals surface area contributed by atoms with Crippen molar-refractivity contribution in [1.29, 1.82) is 0 Å². The molecule has 41 heavy (non-hydrogen) atoms. The van der Waals surface area contributed by atoms with E-state index in [1.165, 1.54) is 0 Å². The zero-order valence-electron chi connectivity index (χ0n) is 22.4. The van der Waals surface area contributed by atoms with Gasteiger partial charge >= 0.3 is 11.9 Å². The molecule has 0 radical (unpaired) electrons. The average Bonchev–Trinajstić information content (AvgIpc) is 3.29. The third kappa shape index (κ3) is 5.25. The van der Waals surface area contributed by atoms with Crippen LogP contribution in [0.25, 0.3) is 0 Å². The van der Waals surface area contributed by atoms with Gasteiger partial charge in [0.25, 0.3) is 0 Å². The number of likely N-dealkylation sites (N-methyl/N-ethyl adjacent to an activating group) is 1. The van der Waals surface area contributed by atoms with Gasteiger partial charge in [0.05, 0.1) is 0 Å². The largest absolute Gasteiger partial charge is 0.482 e. The normalized spacial score (nSPS) is 28.6. The minimum atomic E-state index is -1.27. The number of aliphatic carboxylic acids is 2. The van der Waals surface area contributed by atoms with Crippen LogP contribution in [0.1, 0.15) is 30.4 Å². The summed E-state index contributed by atoms with van der Waals surface area (Å²) in [5.74, 6) is -2.90. The lowest BCUT2D eigenvalue weighted by Crippen LogP contribution is -2.64. The van der Waals surface area contributed by atoms with Crippen molar-refractivity contribution in [3.8, 4) is 11.5 Å². The highest BCUT2D eigenvalue weighted by molar-refractivity contribution is 7.80. The third-order valence-corrected chi connectivity index (χ3v) is 9.02. The molecular formula is C27H34N4O9S. The number of ether oxygens (including phenoxy) is 1. The van der Waals surface area contributed by atoms with Gasteiger partial charge in [-0.15, -0.1) is 5.48 Å². The van der Waals surface area contributed by atoms with Gasteiger partial charge in [0, 0.05) is 35.1 Å². The van der Waals surface area contributed by atoms with E-state index in [4.69, 9.17) is 14.7 Å². The molecule has 2 aliphatic carbocycles. The smallest absolute Gasteiger partial charge is 0.324 e. The molecule has 4 aliphatic rings. The van der Waals surface area contributed by atoms with Crippen LogP contribution in [0.15, 0.2) is 24.3 Å². The summed E-state index contributed by atoms with van der Waals surface area (Å²) in [4.78, 5) is 55.2. The van der Waals surface area contributed by atoms with E-state index in [0.29, 0.717) is 11.5 Å². The average molecular weight is 591 g/mol. The molecule has 1 spiro atoms. The summed E-state index contributed by atoms with van der Waals surface area (Å²) in [6.07, 6.45) is 3.86. The Hall–Kier alpha value is -3.33. The Bertz CT molecular complexity index is 1280. The van der Waals surface area contributed by atoms with Gasteiger partial charge in [-0.05, 0) is 44.5 Å². The first-order valence-corrected chi connectivity index (χ1v) is 14.1. The fraction of sp³-hybridized carbons (Fsp3) is 0.556. The number of hydrogen-bond donors (Lipinski definition) is 7. The van der Waals surface area contributed by atoms with Crippen LogP contribution in [0.2, 0.25) is 0 Å². The number of hydroxylamine groups is 1. The molecule has 0 saturated carbocycles. The molecule has 2 aliphatic heterocycles. The summed E-state index contributed by atoms with van der Waals surface area (Å²) < 4.78 is 6.38. The van der Waals surface area contributed by atoms with Gasteiger partial charge in [-0.25, -0.2) is 0 Å². The van der Waals surface area contributed by atoms with Gasteiger partial charge in [0.15, 0.2) is 11.5 Å². The SMILES string of the molecule is CN1CC[C@]23c4c5ccc(ON[C@@H](CCC(=O)N[C@@H](CS)C(=O)NCC(=O)O)C(=O)O)c4O[C@H]2[C@@H](O)C=C[C@H]3[C@H]1C5. The number of nitrogens with zero attached hydrogens (tertiary/aromatic N) is 1. The molecule has 5 rings (SSSR count). The molecule has 1 aromatic rings. The molecule has 14 heteroatoms. The second-order valence-electron chi connectivity index (χ2n) is 11.0. The monoisotopic (exact) mass is 590 g/mol. The highest BCUT2D eigenvalue weighted by Crippen LogP contribution is 2.62. The number of likely N-dealkylation sites (tertiary alicyclic amines) is 1. The predicted molar refractivity (Wildman–Crippen MR) is 147 cm³/mol. The lowest BCUT2D eigenvalue weighted by atomic mass is 9.53. The maximum absolute atomic E-state index is 12.4. The molecule has 2 amide bonds. The van der Waals surface area contributed by atoms with Crippen molar-refractivity contribution in [3.05, 3.63) is 35.4 Å². The molecule has 7 atom stereocenters. The third-order valence-electron chi connectivity index (χ3n) is 8.65. The number of aliphatic hydroxyl groups is 1. The Balaban J connectivity index is 1.26. The maximum Gasteiger partial charge on any atom is 0.324 e. The van der Waals surface area contributed by atoms with E-state index < -0.39 is 60.0 Å². The van der Waals surface area contributed by atoms with Crippen LogP contribution >= 0.6 is 12.6 Å². The van der Waals surface area contributed by atoms with E-state index in [-0.39, 0.29) is 30.6 Å². The second-order valence-corrected chi connectivity index (χ2v) is 11.3. The van der Waals surface area contributed by atoms with E-state index >= 15 is 0 Å². The van der Waals surface area contributed by atoms with Crippen molar-refractivity contribution >= 4 is 36.4 Å². The number of carboxylic acid groups (broad SMARTS) is 2. The Labute approximate surface area is 241 Å². The molecule has 1 aromatic carbocycles. The standard InChI is InChI=1S/C27H34N4O9S/c1-31-9-8-27-14-3-5-18(32)24(27)39-23-19(6-2-13(22(23)27)10-17(14)31)40-30-15(26(37)38)4-7-20(33)29-16(12-41)25(36)28-11-21(34)35/h2-3,5-6,14-18,24,30,32,41H,4,7-12H2,1H3,(H,28,36)(H,29,33)(H,34,35)(H,37,38)/t14-,15-,16-,17+,18-,24-,27-/m0/s1. The van der Waals surface area contributed by atoms with E-state index in [1.54, 1.807) is 12.1 Å². The quantitative estimate of drug-likeness (QED) is 0.0920. The van der Waals surface area contributed by atoms with Gasteiger partial charge in [-0.1, -0.05) is 18.2 Å². The van der Waals surface area contributed by atoms with Crippen LogP contribution in [-0.4, -0.2) is 100 Å². The summed E-state index contributed by atoms with van der Waals surface area (Å²) >= 11 is 4.02. The van der Waals surface area contributed by atoms with E-state index in [1.807, 2.05) is 6.07 Å². The summed E-state index contributed by atoms with van der Waals surface area (Å²) in [5.41, 5.74) is 4.29. The number of amides is 2. The summed E-state index contributed by atoms with van der Waals surface area (Å²) in [7, 11) is 2.12. The number of benzene rings is 1. The van der Waals surface area contributed by atoms with Crippen LogP contribution < -0.4 is 25.7 Å². The predicted octanol–water partition coefficient (Wildman–Crippen LogP) is -0.775. The first kappa shape index (κ1) is 29.2. The van der Waals surface area contributed by atoms with Crippen molar-refractivity contribution in [3.63, 3.8) is 0 Å². The minimum Gasteiger partial charge on any atom is -0.482 e. The molecule has 13 nitrogen and oxygen atoms in total. The van der Waals surface area contributed by atoms with Crippen molar-refractivity contribution in [1.82, 2.24) is 21.0 Å². The highest BCUT2D eigenvalue weighted by atomic mass is 32.1. The molecular weight excluding hydrogens is 556 g/mol. The van der Waals surface area contributed by atoms with Gasteiger partial charge in [-0.3, -0.25) is 19.2 Å². The van der Waals surface area contributed by atoms with Crippen molar-refractivity contribution < 1.29 is 44.1 Å². The number of carbonyl (C=O) groups is 4. The Morgan fingerprint density at radius 3 is 2.71 bits per heavy atom. The van der Waals surface area contributed by atoms with Gasteiger partial charge in [0.2, 0.25) is 11.8 Å². The highest BCUT2D eigenvalue weighted by Gasteiger charge is 2.64. The van der Waals surface area contributed by atoms with Crippen molar-refractivity contribution in [2.45, 2.75) is 61.4 Å². The molecule has 6 N–H and O–H groups in total. The van der Waals surface area contributed by atoms with E-state index in [2.05, 4.69) is 46.8 Å². The number of rotatable bonds is 12. The lowest BCUT2D eigenvalue weighted by molar-refractivity contribution is -0.142. The molecule has 1 fully saturated rings. The van der Waals surface area contributed by atoms with Crippen LogP contribution in [0.3, 0.4) is 0 Å².